The molecule has 0 bridgehead atoms. The average molecular weight is 269 g/mol. The Labute approximate surface area is 109 Å². The van der Waals surface area contributed by atoms with Gasteiger partial charge in [0.1, 0.15) is 5.75 Å². The zero-order chi connectivity index (χ0) is 13.2. The summed E-state index contributed by atoms with van der Waals surface area (Å²) in [7, 11) is -1.72. The highest BCUT2D eigenvalue weighted by Gasteiger charge is 2.22. The predicted octanol–water partition coefficient (Wildman–Crippen LogP) is 2.04. The molecule has 100 valence electrons. The van der Waals surface area contributed by atoms with Crippen molar-refractivity contribution in [2.45, 2.75) is 31.1 Å². The van der Waals surface area contributed by atoms with E-state index < -0.39 is 10.0 Å². The van der Waals surface area contributed by atoms with E-state index in [0.29, 0.717) is 18.0 Å². The average Bonchev–Trinajstić information content (AvgIpc) is 2.82. The van der Waals surface area contributed by atoms with Crippen molar-refractivity contribution in [3.05, 3.63) is 23.8 Å². The van der Waals surface area contributed by atoms with Crippen LogP contribution < -0.4 is 4.74 Å². The highest BCUT2D eigenvalue weighted by atomic mass is 32.2. The van der Waals surface area contributed by atoms with Gasteiger partial charge < -0.3 is 4.74 Å². The number of fused-ring (bicyclic) bond motifs is 1. The van der Waals surface area contributed by atoms with Crippen LogP contribution in [0.4, 0.5) is 0 Å². The van der Waals surface area contributed by atoms with Crippen LogP contribution in [0.1, 0.15) is 25.3 Å². The number of benzene rings is 1. The monoisotopic (exact) mass is 269 g/mol. The second kappa shape index (κ2) is 5.28. The lowest BCUT2D eigenvalue weighted by molar-refractivity contribution is 0.356. The van der Waals surface area contributed by atoms with Crippen molar-refractivity contribution in [2.75, 3.05) is 20.2 Å². The minimum absolute atomic E-state index is 0.366. The van der Waals surface area contributed by atoms with E-state index in [-0.39, 0.29) is 0 Å². The molecule has 4 nitrogen and oxygen atoms in total. The van der Waals surface area contributed by atoms with Gasteiger partial charge in [0.15, 0.2) is 0 Å². The van der Waals surface area contributed by atoms with Crippen molar-refractivity contribution < 1.29 is 13.2 Å². The maximum atomic E-state index is 12.3. The van der Waals surface area contributed by atoms with Gasteiger partial charge in [0, 0.05) is 20.0 Å². The van der Waals surface area contributed by atoms with Crippen LogP contribution in [0.15, 0.2) is 23.1 Å². The molecule has 0 spiro atoms. The van der Waals surface area contributed by atoms with E-state index in [9.17, 15) is 8.42 Å². The van der Waals surface area contributed by atoms with Crippen LogP contribution in [0, 0.1) is 0 Å². The van der Waals surface area contributed by atoms with Crippen molar-refractivity contribution in [3.8, 4) is 5.75 Å². The van der Waals surface area contributed by atoms with Gasteiger partial charge >= 0.3 is 0 Å². The molecule has 1 heterocycles. The number of ether oxygens (including phenoxy) is 1. The lowest BCUT2D eigenvalue weighted by Gasteiger charge is -2.17. The van der Waals surface area contributed by atoms with Crippen LogP contribution in [0.2, 0.25) is 0 Å². The number of sulfonamides is 1. The van der Waals surface area contributed by atoms with Gasteiger partial charge in [0.25, 0.3) is 0 Å². The van der Waals surface area contributed by atoms with Crippen molar-refractivity contribution in [1.82, 2.24) is 4.31 Å². The summed E-state index contributed by atoms with van der Waals surface area (Å²) in [5, 5.41) is 0. The van der Waals surface area contributed by atoms with Gasteiger partial charge in [-0.1, -0.05) is 13.3 Å². The Bertz CT molecular complexity index is 525. The zero-order valence-electron chi connectivity index (χ0n) is 10.8. The molecular weight excluding hydrogens is 250 g/mol. The third kappa shape index (κ3) is 2.52. The first-order chi connectivity index (χ1) is 8.55. The molecule has 0 fully saturated rings. The zero-order valence-corrected chi connectivity index (χ0v) is 11.7. The standard InChI is InChI=1S/C13H19NO3S/c1-3-4-8-14(2)18(15,16)12-5-6-13-11(10-12)7-9-17-13/h5-6,10H,3-4,7-9H2,1-2H3. The molecule has 0 saturated carbocycles. The summed E-state index contributed by atoms with van der Waals surface area (Å²) in [4.78, 5) is 0.366. The Kier molecular flexibility index (Phi) is 3.92. The van der Waals surface area contributed by atoms with Gasteiger partial charge in [-0.25, -0.2) is 12.7 Å². The first-order valence-electron chi connectivity index (χ1n) is 6.27. The number of unbranched alkanes of at least 4 members (excludes halogenated alkanes) is 1. The summed E-state index contributed by atoms with van der Waals surface area (Å²) in [6.07, 6.45) is 2.65. The molecule has 1 aliphatic rings. The molecule has 2 rings (SSSR count). The van der Waals surface area contributed by atoms with E-state index in [1.807, 2.05) is 6.92 Å². The fourth-order valence-electron chi connectivity index (χ4n) is 2.00. The minimum Gasteiger partial charge on any atom is -0.493 e. The summed E-state index contributed by atoms with van der Waals surface area (Å²) in [5.41, 5.74) is 0.986. The molecule has 0 aliphatic carbocycles. The third-order valence-corrected chi connectivity index (χ3v) is 5.05. The van der Waals surface area contributed by atoms with Gasteiger partial charge in [-0.15, -0.1) is 0 Å². The molecule has 5 heteroatoms. The second-order valence-electron chi connectivity index (χ2n) is 4.55. The van der Waals surface area contributed by atoms with Crippen LogP contribution in [-0.4, -0.2) is 32.9 Å². The smallest absolute Gasteiger partial charge is 0.242 e. The molecule has 0 unspecified atom stereocenters. The topological polar surface area (TPSA) is 46.6 Å². The summed E-state index contributed by atoms with van der Waals surface area (Å²) in [5.74, 6) is 0.810. The van der Waals surface area contributed by atoms with Gasteiger partial charge in [0.2, 0.25) is 10.0 Å². The van der Waals surface area contributed by atoms with E-state index in [1.54, 1.807) is 25.2 Å². The molecule has 0 saturated heterocycles. The lowest BCUT2D eigenvalue weighted by atomic mass is 10.2. The quantitative estimate of drug-likeness (QED) is 0.822. The summed E-state index contributed by atoms with van der Waals surface area (Å²) >= 11 is 0. The van der Waals surface area contributed by atoms with E-state index >= 15 is 0 Å². The third-order valence-electron chi connectivity index (χ3n) is 3.20. The van der Waals surface area contributed by atoms with E-state index in [1.165, 1.54) is 4.31 Å². The molecule has 0 amide bonds. The van der Waals surface area contributed by atoms with E-state index in [2.05, 4.69) is 0 Å². The number of hydrogen-bond donors (Lipinski definition) is 0. The SMILES string of the molecule is CCCCN(C)S(=O)(=O)c1ccc2c(c1)CCO2. The first kappa shape index (κ1) is 13.4. The molecule has 0 aromatic heterocycles. The summed E-state index contributed by atoms with van der Waals surface area (Å²) in [6, 6.07) is 5.12. The molecular formula is C13H19NO3S. The lowest BCUT2D eigenvalue weighted by Crippen LogP contribution is -2.27. The highest BCUT2D eigenvalue weighted by Crippen LogP contribution is 2.28. The molecule has 0 N–H and O–H groups in total. The Morgan fingerprint density at radius 2 is 2.17 bits per heavy atom. The minimum atomic E-state index is -3.36. The number of nitrogens with zero attached hydrogens (tertiary/aromatic N) is 1. The molecule has 0 atom stereocenters. The van der Waals surface area contributed by atoms with E-state index in [0.717, 1.165) is 30.6 Å². The maximum Gasteiger partial charge on any atom is 0.242 e. The van der Waals surface area contributed by atoms with Crippen molar-refractivity contribution in [3.63, 3.8) is 0 Å². The Balaban J connectivity index is 2.24. The second-order valence-corrected chi connectivity index (χ2v) is 6.59. The molecule has 18 heavy (non-hydrogen) atoms. The normalized spacial score (nSPS) is 14.6. The van der Waals surface area contributed by atoms with Crippen molar-refractivity contribution in [2.24, 2.45) is 0 Å². The van der Waals surface area contributed by atoms with Crippen LogP contribution in [0.5, 0.6) is 5.75 Å². The Morgan fingerprint density at radius 3 is 2.89 bits per heavy atom. The molecule has 1 aromatic carbocycles. The Hall–Kier alpha value is -1.07. The van der Waals surface area contributed by atoms with Crippen LogP contribution in [0.3, 0.4) is 0 Å². The number of rotatable bonds is 5. The predicted molar refractivity (Wildman–Crippen MR) is 70.4 cm³/mol. The Morgan fingerprint density at radius 1 is 1.39 bits per heavy atom. The molecule has 0 radical (unpaired) electrons. The van der Waals surface area contributed by atoms with Crippen molar-refractivity contribution in [1.29, 1.82) is 0 Å². The van der Waals surface area contributed by atoms with Gasteiger partial charge in [-0.3, -0.25) is 0 Å². The fourth-order valence-corrected chi connectivity index (χ4v) is 3.26. The van der Waals surface area contributed by atoms with Crippen LogP contribution in [-0.2, 0) is 16.4 Å². The van der Waals surface area contributed by atoms with Gasteiger partial charge in [-0.2, -0.15) is 0 Å². The summed E-state index contributed by atoms with van der Waals surface area (Å²) < 4.78 is 31.5. The summed E-state index contributed by atoms with van der Waals surface area (Å²) in [6.45, 7) is 3.25. The van der Waals surface area contributed by atoms with Crippen molar-refractivity contribution >= 4 is 10.0 Å². The highest BCUT2D eigenvalue weighted by molar-refractivity contribution is 7.89. The first-order valence-corrected chi connectivity index (χ1v) is 7.72. The van der Waals surface area contributed by atoms with Gasteiger partial charge in [-0.05, 0) is 30.2 Å². The molecule has 1 aliphatic heterocycles. The number of hydrogen-bond acceptors (Lipinski definition) is 3. The van der Waals surface area contributed by atoms with Gasteiger partial charge in [0.05, 0.1) is 11.5 Å². The maximum absolute atomic E-state index is 12.3. The van der Waals surface area contributed by atoms with E-state index in [4.69, 9.17) is 4.74 Å². The molecule has 1 aromatic rings. The fraction of sp³-hybridized carbons (Fsp3) is 0.538. The largest absolute Gasteiger partial charge is 0.493 e. The van der Waals surface area contributed by atoms with Crippen LogP contribution >= 0.6 is 0 Å². The van der Waals surface area contributed by atoms with Crippen LogP contribution in [0.25, 0.3) is 0 Å².